The normalized spacial score (nSPS) is 13.3. The number of carboxylic acids is 1. The van der Waals surface area contributed by atoms with Gasteiger partial charge < -0.3 is 26.5 Å². The molecule has 0 bridgehead atoms. The lowest BCUT2D eigenvalue weighted by atomic mass is 10.1. The molecule has 20 heavy (non-hydrogen) atoms. The molecule has 9 nitrogen and oxygen atoms in total. The molecule has 0 fully saturated rings. The number of hydrogen-bond acceptors (Lipinski definition) is 5. The summed E-state index contributed by atoms with van der Waals surface area (Å²) in [6.45, 7) is 0.999. The minimum Gasteiger partial charge on any atom is -0.480 e. The molecule has 6 N–H and O–H groups in total. The Morgan fingerprint density at radius 3 is 2.75 bits per heavy atom. The van der Waals surface area contributed by atoms with Crippen molar-refractivity contribution in [1.29, 1.82) is 0 Å². The number of nitrogens with zero attached hydrogens (tertiary/aromatic N) is 1. The Morgan fingerprint density at radius 2 is 2.20 bits per heavy atom. The highest BCUT2D eigenvalue weighted by atomic mass is 16.4. The van der Waals surface area contributed by atoms with Crippen molar-refractivity contribution in [3.05, 3.63) is 18.2 Å². The summed E-state index contributed by atoms with van der Waals surface area (Å²) in [4.78, 5) is 40.1. The third-order valence-electron chi connectivity index (χ3n) is 2.50. The van der Waals surface area contributed by atoms with Crippen LogP contribution >= 0.6 is 0 Å². The first kappa shape index (κ1) is 15.6. The number of nitrogens with one attached hydrogen (secondary N) is 3. The Morgan fingerprint density at radius 1 is 1.50 bits per heavy atom. The Bertz CT molecular complexity index is 473. The van der Waals surface area contributed by atoms with Gasteiger partial charge in [0.2, 0.25) is 11.8 Å². The molecular formula is C11H17N5O4. The van der Waals surface area contributed by atoms with E-state index in [1.807, 2.05) is 0 Å². The van der Waals surface area contributed by atoms with Gasteiger partial charge in [-0.2, -0.15) is 0 Å². The first-order valence-corrected chi connectivity index (χ1v) is 5.93. The zero-order valence-corrected chi connectivity index (χ0v) is 10.9. The monoisotopic (exact) mass is 283 g/mol. The van der Waals surface area contributed by atoms with E-state index in [-0.39, 0.29) is 13.0 Å². The van der Waals surface area contributed by atoms with Crippen LogP contribution in [0.15, 0.2) is 12.5 Å². The van der Waals surface area contributed by atoms with Crippen LogP contribution in [-0.2, 0) is 20.8 Å². The van der Waals surface area contributed by atoms with E-state index in [4.69, 9.17) is 10.8 Å². The Hall–Kier alpha value is -2.42. The van der Waals surface area contributed by atoms with E-state index in [0.717, 1.165) is 0 Å². The fourth-order valence-corrected chi connectivity index (χ4v) is 1.38. The van der Waals surface area contributed by atoms with Crippen LogP contribution in [0.2, 0.25) is 0 Å². The number of H-pyrrole nitrogens is 1. The lowest BCUT2D eigenvalue weighted by molar-refractivity contribution is -0.141. The van der Waals surface area contributed by atoms with Gasteiger partial charge in [-0.15, -0.1) is 0 Å². The summed E-state index contributed by atoms with van der Waals surface area (Å²) in [5, 5.41) is 13.2. The second-order valence-electron chi connectivity index (χ2n) is 4.23. The largest absolute Gasteiger partial charge is 0.480 e. The van der Waals surface area contributed by atoms with Crippen molar-refractivity contribution in [2.45, 2.75) is 25.4 Å². The summed E-state index contributed by atoms with van der Waals surface area (Å²) in [5.41, 5.74) is 6.36. The average Bonchev–Trinajstić information content (AvgIpc) is 2.88. The first-order valence-electron chi connectivity index (χ1n) is 5.93. The average molecular weight is 283 g/mol. The van der Waals surface area contributed by atoms with Crippen LogP contribution in [-0.4, -0.2) is 51.5 Å². The molecule has 0 aromatic carbocycles. The molecule has 1 aromatic heterocycles. The Labute approximate surface area is 114 Å². The van der Waals surface area contributed by atoms with E-state index >= 15 is 0 Å². The predicted octanol–water partition coefficient (Wildman–Crippen LogP) is -2.01. The molecule has 0 unspecified atom stereocenters. The summed E-state index contributed by atoms with van der Waals surface area (Å²) < 4.78 is 0. The number of aliphatic carboxylic acids is 1. The van der Waals surface area contributed by atoms with Gasteiger partial charge >= 0.3 is 5.97 Å². The summed E-state index contributed by atoms with van der Waals surface area (Å²) in [5.74, 6) is -2.25. The number of carbonyl (C=O) groups is 3. The maximum absolute atomic E-state index is 11.6. The number of imidazole rings is 1. The van der Waals surface area contributed by atoms with Crippen LogP contribution in [0.25, 0.3) is 0 Å². The molecule has 0 radical (unpaired) electrons. The summed E-state index contributed by atoms with van der Waals surface area (Å²) in [6.07, 6.45) is 3.29. The number of aromatic amines is 1. The fraction of sp³-hybridized carbons (Fsp3) is 0.455. The summed E-state index contributed by atoms with van der Waals surface area (Å²) in [7, 11) is 0. The van der Waals surface area contributed by atoms with Gasteiger partial charge in [0.1, 0.15) is 6.04 Å². The molecule has 9 heteroatoms. The van der Waals surface area contributed by atoms with Crippen LogP contribution in [0.3, 0.4) is 0 Å². The minimum atomic E-state index is -1.15. The van der Waals surface area contributed by atoms with Gasteiger partial charge in [0.15, 0.2) is 0 Å². The number of hydrogen-bond donors (Lipinski definition) is 5. The quantitative estimate of drug-likeness (QED) is 0.390. The number of amides is 2. The van der Waals surface area contributed by atoms with E-state index in [0.29, 0.717) is 5.69 Å². The molecule has 0 aliphatic rings. The van der Waals surface area contributed by atoms with Crippen molar-refractivity contribution >= 4 is 17.8 Å². The van der Waals surface area contributed by atoms with E-state index in [1.54, 1.807) is 6.20 Å². The van der Waals surface area contributed by atoms with Gasteiger partial charge in [-0.1, -0.05) is 0 Å². The zero-order chi connectivity index (χ0) is 15.1. The lowest BCUT2D eigenvalue weighted by Crippen LogP contribution is -2.48. The highest BCUT2D eigenvalue weighted by Gasteiger charge is 2.17. The van der Waals surface area contributed by atoms with Crippen LogP contribution < -0.4 is 16.4 Å². The molecule has 0 saturated heterocycles. The van der Waals surface area contributed by atoms with Gasteiger partial charge in [0, 0.05) is 18.3 Å². The number of rotatable bonds is 7. The minimum absolute atomic E-state index is 0.263. The number of nitrogens with two attached hydrogens (primary N) is 1. The SMILES string of the molecule is C[C@H](NC(=O)CNC(=O)[C@@H](N)Cc1cnc[nH]1)C(=O)O. The van der Waals surface area contributed by atoms with Crippen LogP contribution in [0, 0.1) is 0 Å². The third kappa shape index (κ3) is 5.06. The van der Waals surface area contributed by atoms with Crippen molar-refractivity contribution in [2.24, 2.45) is 5.73 Å². The van der Waals surface area contributed by atoms with Gasteiger partial charge in [-0.25, -0.2) is 4.98 Å². The van der Waals surface area contributed by atoms with Gasteiger partial charge in [0.25, 0.3) is 0 Å². The third-order valence-corrected chi connectivity index (χ3v) is 2.50. The lowest BCUT2D eigenvalue weighted by Gasteiger charge is -2.12. The Kier molecular flexibility index (Phi) is 5.66. The molecule has 0 aliphatic carbocycles. The molecule has 1 heterocycles. The van der Waals surface area contributed by atoms with Crippen LogP contribution in [0.1, 0.15) is 12.6 Å². The first-order chi connectivity index (χ1) is 9.40. The second kappa shape index (κ2) is 7.24. The van der Waals surface area contributed by atoms with E-state index in [9.17, 15) is 14.4 Å². The molecule has 2 atom stereocenters. The molecule has 2 amide bonds. The number of aromatic nitrogens is 2. The topological polar surface area (TPSA) is 150 Å². The smallest absolute Gasteiger partial charge is 0.325 e. The molecule has 0 aliphatic heterocycles. The highest BCUT2D eigenvalue weighted by molar-refractivity contribution is 5.89. The van der Waals surface area contributed by atoms with E-state index in [1.165, 1.54) is 13.3 Å². The van der Waals surface area contributed by atoms with Crippen molar-refractivity contribution in [2.75, 3.05) is 6.54 Å². The van der Waals surface area contributed by atoms with Crippen molar-refractivity contribution < 1.29 is 19.5 Å². The van der Waals surface area contributed by atoms with Gasteiger partial charge in [-0.05, 0) is 6.92 Å². The molecule has 1 aromatic rings. The van der Waals surface area contributed by atoms with Gasteiger partial charge in [0.05, 0.1) is 18.9 Å². The molecule has 1 rings (SSSR count). The molecule has 0 spiro atoms. The Balaban J connectivity index is 2.31. The van der Waals surface area contributed by atoms with Crippen LogP contribution in [0.4, 0.5) is 0 Å². The van der Waals surface area contributed by atoms with Crippen molar-refractivity contribution in [3.8, 4) is 0 Å². The molecular weight excluding hydrogens is 266 g/mol. The summed E-state index contributed by atoms with van der Waals surface area (Å²) >= 11 is 0. The molecule has 110 valence electrons. The zero-order valence-electron chi connectivity index (χ0n) is 10.9. The maximum atomic E-state index is 11.6. The fourth-order valence-electron chi connectivity index (χ4n) is 1.38. The predicted molar refractivity (Wildman–Crippen MR) is 68.5 cm³/mol. The molecule has 0 saturated carbocycles. The van der Waals surface area contributed by atoms with Gasteiger partial charge in [-0.3, -0.25) is 14.4 Å². The van der Waals surface area contributed by atoms with Crippen molar-refractivity contribution in [3.63, 3.8) is 0 Å². The maximum Gasteiger partial charge on any atom is 0.325 e. The van der Waals surface area contributed by atoms with Crippen molar-refractivity contribution in [1.82, 2.24) is 20.6 Å². The van der Waals surface area contributed by atoms with E-state index < -0.39 is 29.9 Å². The number of carbonyl (C=O) groups excluding carboxylic acids is 2. The number of carboxylic acid groups (broad SMARTS) is 1. The van der Waals surface area contributed by atoms with Crippen LogP contribution in [0.5, 0.6) is 0 Å². The summed E-state index contributed by atoms with van der Waals surface area (Å²) in [6, 6.07) is -1.83. The standard InChI is InChI=1S/C11H17N5O4/c1-6(11(19)20)16-9(17)4-14-10(18)8(12)2-7-3-13-5-15-7/h3,5-6,8H,2,4,12H2,1H3,(H,13,15)(H,14,18)(H,16,17)(H,19,20)/t6-,8-/m0/s1. The van der Waals surface area contributed by atoms with E-state index in [2.05, 4.69) is 20.6 Å². The highest BCUT2D eigenvalue weighted by Crippen LogP contribution is 1.96. The second-order valence-corrected chi connectivity index (χ2v) is 4.23.